The van der Waals surface area contributed by atoms with E-state index in [4.69, 9.17) is 34.8 Å². The minimum atomic E-state index is -1.48. The molecule has 94 valence electrons. The summed E-state index contributed by atoms with van der Waals surface area (Å²) in [5.74, 6) is -1.20. The van der Waals surface area contributed by atoms with E-state index in [1.807, 2.05) is 0 Å². The Balaban J connectivity index is 3.30. The number of hydrogen-bond donors (Lipinski definition) is 2. The van der Waals surface area contributed by atoms with Gasteiger partial charge in [-0.05, 0) is 24.6 Å². The Morgan fingerprint density at radius 3 is 2.35 bits per heavy atom. The average molecular weight is 298 g/mol. The minimum Gasteiger partial charge on any atom is -0.508 e. The molecule has 0 bridgehead atoms. The number of halogens is 3. The van der Waals surface area contributed by atoms with Gasteiger partial charge in [0.25, 0.3) is 0 Å². The largest absolute Gasteiger partial charge is 0.508 e. The van der Waals surface area contributed by atoms with Gasteiger partial charge in [0.1, 0.15) is 16.0 Å². The molecule has 6 heteroatoms. The fourth-order valence-electron chi connectivity index (χ4n) is 1.48. The summed E-state index contributed by atoms with van der Waals surface area (Å²) >= 11 is 17.3. The molecule has 0 aliphatic carbocycles. The average Bonchev–Trinajstić information content (AvgIpc) is 2.26. The first kappa shape index (κ1) is 14.4. The molecule has 3 nitrogen and oxygen atoms in total. The van der Waals surface area contributed by atoms with Gasteiger partial charge in [0.05, 0.1) is 5.38 Å². The summed E-state index contributed by atoms with van der Waals surface area (Å²) in [6.07, 6.45) is 0. The molecule has 0 spiro atoms. The van der Waals surface area contributed by atoms with E-state index in [1.54, 1.807) is 6.07 Å². The van der Waals surface area contributed by atoms with Crippen LogP contribution in [-0.2, 0) is 10.2 Å². The quantitative estimate of drug-likeness (QED) is 0.839. The van der Waals surface area contributed by atoms with Crippen LogP contribution in [0.1, 0.15) is 12.5 Å². The first-order valence-electron chi connectivity index (χ1n) is 4.75. The molecular formula is C11H11Cl3O3. The summed E-state index contributed by atoms with van der Waals surface area (Å²) in [5.41, 5.74) is -1.13. The van der Waals surface area contributed by atoms with Crippen molar-refractivity contribution in [3.05, 3.63) is 29.8 Å². The summed E-state index contributed by atoms with van der Waals surface area (Å²) in [5, 5.41) is 17.7. The highest BCUT2D eigenvalue weighted by Crippen LogP contribution is 2.37. The Labute approximate surface area is 114 Å². The number of phenolic OH excluding ortho intramolecular Hbond substituents is 1. The maximum Gasteiger partial charge on any atom is 0.315 e. The summed E-state index contributed by atoms with van der Waals surface area (Å²) in [4.78, 5) is 10.4. The van der Waals surface area contributed by atoms with E-state index >= 15 is 0 Å². The van der Waals surface area contributed by atoms with Crippen LogP contribution in [-0.4, -0.2) is 26.4 Å². The third-order valence-corrected chi connectivity index (χ3v) is 4.11. The fourth-order valence-corrected chi connectivity index (χ4v) is 2.20. The van der Waals surface area contributed by atoms with Crippen LogP contribution in [0.4, 0.5) is 0 Å². The molecule has 0 aliphatic rings. The number of aromatic hydroxyl groups is 1. The van der Waals surface area contributed by atoms with Crippen LogP contribution in [0, 0.1) is 0 Å². The Bertz CT molecular complexity index is 422. The van der Waals surface area contributed by atoms with Gasteiger partial charge < -0.3 is 10.2 Å². The van der Waals surface area contributed by atoms with Crippen LogP contribution in [0.3, 0.4) is 0 Å². The van der Waals surface area contributed by atoms with Crippen molar-refractivity contribution in [1.82, 2.24) is 0 Å². The van der Waals surface area contributed by atoms with Crippen LogP contribution in [0.25, 0.3) is 0 Å². The van der Waals surface area contributed by atoms with E-state index in [1.165, 1.54) is 25.1 Å². The van der Waals surface area contributed by atoms with Crippen molar-refractivity contribution in [2.24, 2.45) is 0 Å². The van der Waals surface area contributed by atoms with E-state index in [0.717, 1.165) is 0 Å². The molecule has 0 fully saturated rings. The van der Waals surface area contributed by atoms with Gasteiger partial charge in [0, 0.05) is 0 Å². The lowest BCUT2D eigenvalue weighted by molar-refractivity contribution is -0.143. The van der Waals surface area contributed by atoms with Crippen LogP contribution >= 0.6 is 34.8 Å². The monoisotopic (exact) mass is 296 g/mol. The number of carboxylic acids is 1. The molecule has 1 aromatic rings. The zero-order valence-electron chi connectivity index (χ0n) is 8.90. The van der Waals surface area contributed by atoms with E-state index in [9.17, 15) is 15.0 Å². The zero-order valence-corrected chi connectivity index (χ0v) is 11.2. The molecular weight excluding hydrogens is 286 g/mol. The number of phenols is 1. The maximum atomic E-state index is 11.4. The van der Waals surface area contributed by atoms with Gasteiger partial charge in [-0.25, -0.2) is 0 Å². The molecule has 0 aliphatic heterocycles. The highest BCUT2D eigenvalue weighted by molar-refractivity contribution is 6.49. The summed E-state index contributed by atoms with van der Waals surface area (Å²) in [6, 6.07) is 5.86. The number of aliphatic carboxylic acids is 1. The molecule has 2 unspecified atom stereocenters. The minimum absolute atomic E-state index is 0.0421. The van der Waals surface area contributed by atoms with Gasteiger partial charge in [0.2, 0.25) is 0 Å². The highest BCUT2D eigenvalue weighted by atomic mass is 35.5. The second kappa shape index (κ2) is 5.34. The van der Waals surface area contributed by atoms with E-state index in [2.05, 4.69) is 0 Å². The summed E-state index contributed by atoms with van der Waals surface area (Å²) < 4.78 is 0. The molecule has 2 atom stereocenters. The highest BCUT2D eigenvalue weighted by Gasteiger charge is 2.45. The van der Waals surface area contributed by atoms with Crippen LogP contribution < -0.4 is 0 Å². The molecule has 17 heavy (non-hydrogen) atoms. The zero-order chi connectivity index (χ0) is 13.2. The number of carbonyl (C=O) groups is 1. The van der Waals surface area contributed by atoms with Gasteiger partial charge in [-0.2, -0.15) is 0 Å². The molecule has 0 heterocycles. The third kappa shape index (κ3) is 2.79. The van der Waals surface area contributed by atoms with E-state index in [-0.39, 0.29) is 5.75 Å². The lowest BCUT2D eigenvalue weighted by Crippen LogP contribution is -2.44. The Kier molecular flexibility index (Phi) is 4.53. The number of hydrogen-bond acceptors (Lipinski definition) is 2. The topological polar surface area (TPSA) is 57.5 Å². The molecule has 0 saturated carbocycles. The Morgan fingerprint density at radius 2 is 1.94 bits per heavy atom. The third-order valence-electron chi connectivity index (χ3n) is 2.66. The summed E-state index contributed by atoms with van der Waals surface area (Å²) in [7, 11) is 0. The van der Waals surface area contributed by atoms with Crippen LogP contribution in [0.15, 0.2) is 24.3 Å². The van der Waals surface area contributed by atoms with Crippen molar-refractivity contribution in [3.63, 3.8) is 0 Å². The second-order valence-corrected chi connectivity index (χ2v) is 5.43. The SMILES string of the molecule is CC(C(=O)O)(c1cccc(O)c1)C(Cl)C(Cl)Cl. The Hall–Kier alpha value is -0.640. The lowest BCUT2D eigenvalue weighted by Gasteiger charge is -2.31. The summed E-state index contributed by atoms with van der Waals surface area (Å²) in [6.45, 7) is 1.42. The molecule has 0 amide bonds. The molecule has 0 aromatic heterocycles. The van der Waals surface area contributed by atoms with Gasteiger partial charge in [0.15, 0.2) is 0 Å². The van der Waals surface area contributed by atoms with E-state index in [0.29, 0.717) is 5.56 Å². The molecule has 0 radical (unpaired) electrons. The predicted molar refractivity (Wildman–Crippen MR) is 68.2 cm³/mol. The number of alkyl halides is 3. The maximum absolute atomic E-state index is 11.4. The van der Waals surface area contributed by atoms with Gasteiger partial charge in [-0.15, -0.1) is 34.8 Å². The van der Waals surface area contributed by atoms with Crippen molar-refractivity contribution in [3.8, 4) is 5.75 Å². The van der Waals surface area contributed by atoms with Crippen molar-refractivity contribution < 1.29 is 15.0 Å². The van der Waals surface area contributed by atoms with Gasteiger partial charge in [-0.3, -0.25) is 4.79 Å². The molecule has 2 N–H and O–H groups in total. The normalized spacial score (nSPS) is 16.5. The van der Waals surface area contributed by atoms with Crippen LogP contribution in [0.5, 0.6) is 5.75 Å². The predicted octanol–water partition coefficient (Wildman–Crippen LogP) is 3.15. The smallest absolute Gasteiger partial charge is 0.315 e. The van der Waals surface area contributed by atoms with Crippen molar-refractivity contribution >= 4 is 40.8 Å². The van der Waals surface area contributed by atoms with Crippen LogP contribution in [0.2, 0.25) is 0 Å². The standard InChI is InChI=1S/C11H11Cl3O3/c1-11(10(16)17,8(12)9(13)14)6-3-2-4-7(15)5-6/h2-5,8-9,15H,1H3,(H,16,17). The van der Waals surface area contributed by atoms with Gasteiger partial charge >= 0.3 is 5.97 Å². The first-order valence-corrected chi connectivity index (χ1v) is 6.06. The van der Waals surface area contributed by atoms with E-state index < -0.39 is 21.6 Å². The van der Waals surface area contributed by atoms with Crippen molar-refractivity contribution in [2.45, 2.75) is 22.6 Å². The molecule has 1 aromatic carbocycles. The van der Waals surface area contributed by atoms with Crippen molar-refractivity contribution in [2.75, 3.05) is 0 Å². The van der Waals surface area contributed by atoms with Gasteiger partial charge in [-0.1, -0.05) is 12.1 Å². The second-order valence-electron chi connectivity index (χ2n) is 3.79. The number of carboxylic acid groups (broad SMARTS) is 1. The molecule has 1 rings (SSSR count). The lowest BCUT2D eigenvalue weighted by atomic mass is 9.79. The fraction of sp³-hybridized carbons (Fsp3) is 0.364. The number of rotatable bonds is 4. The van der Waals surface area contributed by atoms with Crippen molar-refractivity contribution in [1.29, 1.82) is 0 Å². The first-order chi connectivity index (χ1) is 7.80. The molecule has 0 saturated heterocycles. The number of benzene rings is 1. The Morgan fingerprint density at radius 1 is 1.35 bits per heavy atom.